The van der Waals surface area contributed by atoms with Crippen molar-refractivity contribution in [2.45, 2.75) is 51.4 Å². The van der Waals surface area contributed by atoms with Crippen LogP contribution in [0.4, 0.5) is 0 Å². The van der Waals surface area contributed by atoms with E-state index in [1.165, 1.54) is 58.0 Å². The van der Waals surface area contributed by atoms with Crippen molar-refractivity contribution >= 4 is 0 Å². The summed E-state index contributed by atoms with van der Waals surface area (Å²) in [5.74, 6) is 4.99. The second-order valence-electron chi connectivity index (χ2n) is 7.78. The topological polar surface area (TPSA) is 29.3 Å². The van der Waals surface area contributed by atoms with Crippen molar-refractivity contribution in [3.63, 3.8) is 0 Å². The normalized spacial score (nSPS) is 42.2. The molecule has 0 aliphatic heterocycles. The SMILES string of the molecule is CN(CC1CCC(CN)CC1)CC1CC2CCC1C2. The molecule has 0 aromatic rings. The summed E-state index contributed by atoms with van der Waals surface area (Å²) in [6.45, 7) is 3.62. The number of fused-ring (bicyclic) bond motifs is 2. The highest BCUT2D eigenvalue weighted by atomic mass is 15.1. The van der Waals surface area contributed by atoms with Gasteiger partial charge in [0.25, 0.3) is 0 Å². The van der Waals surface area contributed by atoms with Gasteiger partial charge in [0.15, 0.2) is 0 Å². The summed E-state index contributed by atoms with van der Waals surface area (Å²) in [7, 11) is 2.36. The summed E-state index contributed by atoms with van der Waals surface area (Å²) in [4.78, 5) is 2.65. The minimum absolute atomic E-state index is 0.826. The van der Waals surface area contributed by atoms with Gasteiger partial charge < -0.3 is 10.6 Å². The summed E-state index contributed by atoms with van der Waals surface area (Å²) in [6.07, 6.45) is 11.8. The van der Waals surface area contributed by atoms with Crippen molar-refractivity contribution in [2.75, 3.05) is 26.7 Å². The van der Waals surface area contributed by atoms with Gasteiger partial charge >= 0.3 is 0 Å². The van der Waals surface area contributed by atoms with Crippen LogP contribution in [0.2, 0.25) is 0 Å². The Morgan fingerprint density at radius 3 is 2.21 bits per heavy atom. The quantitative estimate of drug-likeness (QED) is 0.826. The number of hydrogen-bond donors (Lipinski definition) is 1. The maximum Gasteiger partial charge on any atom is 0.000947 e. The summed E-state index contributed by atoms with van der Waals surface area (Å²) >= 11 is 0. The smallest absolute Gasteiger partial charge is 0.000947 e. The van der Waals surface area contributed by atoms with E-state index in [9.17, 15) is 0 Å². The van der Waals surface area contributed by atoms with E-state index in [2.05, 4.69) is 11.9 Å². The first-order chi connectivity index (χ1) is 9.24. The fourth-order valence-corrected chi connectivity index (χ4v) is 5.17. The van der Waals surface area contributed by atoms with Crippen molar-refractivity contribution in [1.29, 1.82) is 0 Å². The van der Waals surface area contributed by atoms with Crippen molar-refractivity contribution in [3.8, 4) is 0 Å². The number of hydrogen-bond acceptors (Lipinski definition) is 2. The van der Waals surface area contributed by atoms with E-state index in [1.807, 2.05) is 0 Å². The van der Waals surface area contributed by atoms with E-state index in [4.69, 9.17) is 5.73 Å². The van der Waals surface area contributed by atoms with E-state index >= 15 is 0 Å². The Bertz CT molecular complexity index is 283. The lowest BCUT2D eigenvalue weighted by Crippen LogP contribution is -2.34. The lowest BCUT2D eigenvalue weighted by atomic mass is 9.81. The van der Waals surface area contributed by atoms with Crippen molar-refractivity contribution in [1.82, 2.24) is 4.90 Å². The van der Waals surface area contributed by atoms with Gasteiger partial charge in [-0.25, -0.2) is 0 Å². The maximum absolute atomic E-state index is 5.78. The molecule has 3 aliphatic rings. The molecule has 0 radical (unpaired) electrons. The maximum atomic E-state index is 5.78. The molecule has 3 fully saturated rings. The van der Waals surface area contributed by atoms with Crippen LogP contribution in [0.1, 0.15) is 51.4 Å². The zero-order valence-electron chi connectivity index (χ0n) is 12.7. The molecule has 2 bridgehead atoms. The van der Waals surface area contributed by atoms with Gasteiger partial charge in [-0.3, -0.25) is 0 Å². The first-order valence-corrected chi connectivity index (χ1v) is 8.63. The Labute approximate surface area is 119 Å². The summed E-state index contributed by atoms with van der Waals surface area (Å²) in [5.41, 5.74) is 5.78. The molecule has 0 amide bonds. The van der Waals surface area contributed by atoms with Gasteiger partial charge in [0.05, 0.1) is 0 Å². The average molecular weight is 264 g/mol. The molecule has 3 saturated carbocycles. The summed E-state index contributed by atoms with van der Waals surface area (Å²) in [5, 5.41) is 0. The van der Waals surface area contributed by atoms with Gasteiger partial charge in [-0.2, -0.15) is 0 Å². The van der Waals surface area contributed by atoms with Crippen molar-refractivity contribution in [3.05, 3.63) is 0 Å². The molecule has 0 heterocycles. The Kier molecular flexibility index (Phi) is 4.48. The number of nitrogens with zero attached hydrogens (tertiary/aromatic N) is 1. The van der Waals surface area contributed by atoms with Gasteiger partial charge in [-0.05, 0) is 88.1 Å². The molecule has 0 aromatic carbocycles. The second kappa shape index (κ2) is 6.13. The molecular weight excluding hydrogens is 232 g/mol. The van der Waals surface area contributed by atoms with Crippen LogP contribution in [-0.2, 0) is 0 Å². The van der Waals surface area contributed by atoms with Gasteiger partial charge in [-0.1, -0.05) is 6.42 Å². The zero-order valence-corrected chi connectivity index (χ0v) is 12.7. The highest BCUT2D eigenvalue weighted by molar-refractivity contribution is 4.91. The summed E-state index contributed by atoms with van der Waals surface area (Å²) < 4.78 is 0. The highest BCUT2D eigenvalue weighted by Gasteiger charge is 2.39. The van der Waals surface area contributed by atoms with E-state index in [-0.39, 0.29) is 0 Å². The fraction of sp³-hybridized carbons (Fsp3) is 1.00. The van der Waals surface area contributed by atoms with Crippen LogP contribution in [-0.4, -0.2) is 31.6 Å². The first-order valence-electron chi connectivity index (χ1n) is 8.63. The molecule has 0 spiro atoms. The Hall–Kier alpha value is -0.0800. The Balaban J connectivity index is 1.38. The third-order valence-electron chi connectivity index (χ3n) is 6.30. The minimum Gasteiger partial charge on any atom is -0.330 e. The van der Waals surface area contributed by atoms with Crippen LogP contribution < -0.4 is 5.73 Å². The molecule has 3 unspecified atom stereocenters. The van der Waals surface area contributed by atoms with Crippen LogP contribution in [0.3, 0.4) is 0 Å². The van der Waals surface area contributed by atoms with Crippen LogP contribution in [0.5, 0.6) is 0 Å². The molecule has 110 valence electrons. The predicted molar refractivity (Wildman–Crippen MR) is 80.9 cm³/mol. The summed E-state index contributed by atoms with van der Waals surface area (Å²) in [6, 6.07) is 0. The molecule has 3 aliphatic carbocycles. The third kappa shape index (κ3) is 3.33. The first kappa shape index (κ1) is 13.9. The Morgan fingerprint density at radius 2 is 1.63 bits per heavy atom. The molecule has 2 heteroatoms. The monoisotopic (exact) mass is 264 g/mol. The lowest BCUT2D eigenvalue weighted by Gasteiger charge is -2.33. The van der Waals surface area contributed by atoms with E-state index < -0.39 is 0 Å². The molecule has 2 N–H and O–H groups in total. The zero-order chi connectivity index (χ0) is 13.2. The van der Waals surface area contributed by atoms with Crippen LogP contribution in [0.15, 0.2) is 0 Å². The fourth-order valence-electron chi connectivity index (χ4n) is 5.17. The van der Waals surface area contributed by atoms with Gasteiger partial charge in [0.2, 0.25) is 0 Å². The Morgan fingerprint density at radius 1 is 0.895 bits per heavy atom. The van der Waals surface area contributed by atoms with Crippen LogP contribution >= 0.6 is 0 Å². The standard InChI is InChI=1S/C17H32N2/c1-19(11-14-4-2-13(10-18)3-5-14)12-17-9-15-6-7-16(17)8-15/h13-17H,2-12,18H2,1H3. The van der Waals surface area contributed by atoms with E-state index in [0.29, 0.717) is 0 Å². The average Bonchev–Trinajstić information content (AvgIpc) is 3.02. The molecule has 2 nitrogen and oxygen atoms in total. The van der Waals surface area contributed by atoms with Crippen LogP contribution in [0, 0.1) is 29.6 Å². The van der Waals surface area contributed by atoms with Crippen molar-refractivity contribution in [2.24, 2.45) is 35.3 Å². The molecule has 19 heavy (non-hydrogen) atoms. The largest absolute Gasteiger partial charge is 0.330 e. The lowest BCUT2D eigenvalue weighted by molar-refractivity contribution is 0.168. The van der Waals surface area contributed by atoms with Crippen LogP contribution in [0.25, 0.3) is 0 Å². The van der Waals surface area contributed by atoms with Gasteiger partial charge in [0, 0.05) is 13.1 Å². The minimum atomic E-state index is 0.826. The molecule has 3 atom stereocenters. The highest BCUT2D eigenvalue weighted by Crippen LogP contribution is 2.48. The van der Waals surface area contributed by atoms with E-state index in [1.54, 1.807) is 6.42 Å². The predicted octanol–water partition coefficient (Wildman–Crippen LogP) is 3.12. The van der Waals surface area contributed by atoms with Crippen molar-refractivity contribution < 1.29 is 0 Å². The second-order valence-corrected chi connectivity index (χ2v) is 7.78. The van der Waals surface area contributed by atoms with E-state index in [0.717, 1.165) is 36.1 Å². The molecular formula is C17H32N2. The molecule has 3 rings (SSSR count). The van der Waals surface area contributed by atoms with Gasteiger partial charge in [-0.15, -0.1) is 0 Å². The number of nitrogens with two attached hydrogens (primary N) is 1. The molecule has 0 aromatic heterocycles. The van der Waals surface area contributed by atoms with Gasteiger partial charge in [0.1, 0.15) is 0 Å². The molecule has 0 saturated heterocycles. The third-order valence-corrected chi connectivity index (χ3v) is 6.30. The number of rotatable bonds is 5.